The van der Waals surface area contributed by atoms with Crippen LogP contribution in [0.25, 0.3) is 0 Å². The van der Waals surface area contributed by atoms with Crippen LogP contribution in [0.5, 0.6) is 0 Å². The molecule has 2 amide bonds. The quantitative estimate of drug-likeness (QED) is 0.412. The maximum atomic E-state index is 13.6. The van der Waals surface area contributed by atoms with Crippen LogP contribution in [0.15, 0.2) is 71.6 Å². The van der Waals surface area contributed by atoms with E-state index in [1.807, 2.05) is 20.8 Å². The number of sulfonamides is 1. The van der Waals surface area contributed by atoms with E-state index in [0.29, 0.717) is 0 Å². The van der Waals surface area contributed by atoms with Gasteiger partial charge in [-0.15, -0.1) is 0 Å². The highest BCUT2D eigenvalue weighted by Gasteiger charge is 2.29. The van der Waals surface area contributed by atoms with Gasteiger partial charge in [-0.1, -0.05) is 53.0 Å². The molecule has 0 aliphatic heterocycles. The molecule has 0 atom stereocenters. The fraction of sp³-hybridized carbons (Fsp3) is 0.200. The van der Waals surface area contributed by atoms with Gasteiger partial charge in [0.25, 0.3) is 15.9 Å². The van der Waals surface area contributed by atoms with Crippen LogP contribution in [0.3, 0.4) is 0 Å². The van der Waals surface area contributed by atoms with Gasteiger partial charge in [0.2, 0.25) is 5.91 Å². The van der Waals surface area contributed by atoms with E-state index in [0.717, 1.165) is 9.87 Å². The molecule has 0 spiro atoms. The number of carbonyl (C=O) groups excluding carboxylic acids is 2. The molecule has 3 aromatic rings. The molecule has 0 saturated heterocycles. The molecule has 0 aliphatic carbocycles. The lowest BCUT2D eigenvalue weighted by molar-refractivity contribution is -0.114. The Morgan fingerprint density at radius 3 is 2.29 bits per heavy atom. The van der Waals surface area contributed by atoms with E-state index >= 15 is 0 Å². The van der Waals surface area contributed by atoms with E-state index in [9.17, 15) is 18.0 Å². The number of anilines is 2. The van der Waals surface area contributed by atoms with Gasteiger partial charge in [0.15, 0.2) is 0 Å². The largest absolute Gasteiger partial charge is 0.350 e. The molecule has 0 fully saturated rings. The fourth-order valence-electron chi connectivity index (χ4n) is 3.26. The third-order valence-corrected chi connectivity index (χ3v) is 7.27. The minimum absolute atomic E-state index is 0.0105. The summed E-state index contributed by atoms with van der Waals surface area (Å²) < 4.78 is 28.0. The van der Waals surface area contributed by atoms with E-state index in [1.165, 1.54) is 30.3 Å². The number of para-hydroxylation sites is 1. The highest BCUT2D eigenvalue weighted by Crippen LogP contribution is 2.33. The Balaban J connectivity index is 1.98. The number of benzene rings is 3. The van der Waals surface area contributed by atoms with Gasteiger partial charge in [-0.25, -0.2) is 8.42 Å². The topological polar surface area (TPSA) is 95.6 Å². The summed E-state index contributed by atoms with van der Waals surface area (Å²) in [7, 11) is -4.19. The predicted octanol–water partition coefficient (Wildman–Crippen LogP) is 5.27. The third-order valence-electron chi connectivity index (χ3n) is 4.94. The maximum Gasteiger partial charge on any atom is 0.264 e. The summed E-state index contributed by atoms with van der Waals surface area (Å²) >= 11 is 12.4. The second kappa shape index (κ2) is 11.1. The van der Waals surface area contributed by atoms with Crippen LogP contribution in [0.2, 0.25) is 10.0 Å². The second-order valence-corrected chi connectivity index (χ2v) is 10.8. The van der Waals surface area contributed by atoms with Gasteiger partial charge >= 0.3 is 0 Å². The first kappa shape index (κ1) is 26.5. The number of rotatable bonds is 8. The summed E-state index contributed by atoms with van der Waals surface area (Å²) in [6.45, 7) is 4.88. The molecule has 0 aliphatic rings. The molecule has 10 heteroatoms. The van der Waals surface area contributed by atoms with Gasteiger partial charge in [0, 0.05) is 11.1 Å². The Labute approximate surface area is 215 Å². The van der Waals surface area contributed by atoms with Crippen molar-refractivity contribution in [2.75, 3.05) is 16.2 Å². The number of nitrogens with zero attached hydrogens (tertiary/aromatic N) is 1. The molecule has 0 saturated carbocycles. The van der Waals surface area contributed by atoms with Crippen LogP contribution in [0.1, 0.15) is 29.8 Å². The molecular weight excluding hydrogens is 509 g/mol. The van der Waals surface area contributed by atoms with Crippen LogP contribution >= 0.6 is 23.2 Å². The molecule has 0 aromatic heterocycles. The van der Waals surface area contributed by atoms with E-state index in [-0.39, 0.29) is 43.8 Å². The first-order chi connectivity index (χ1) is 16.5. The highest BCUT2D eigenvalue weighted by atomic mass is 35.5. The van der Waals surface area contributed by atoms with E-state index in [4.69, 9.17) is 23.2 Å². The monoisotopic (exact) mass is 533 g/mol. The van der Waals surface area contributed by atoms with Gasteiger partial charge in [-0.3, -0.25) is 13.9 Å². The number of amides is 2. The SMILES string of the molecule is Cc1ccc(S(=O)(=O)N(CC(=O)Nc2ccccc2C(=O)NC(C)C)c2cc(Cl)ccc2Cl)cc1. The van der Waals surface area contributed by atoms with Crippen LogP contribution in [0.4, 0.5) is 11.4 Å². The second-order valence-electron chi connectivity index (χ2n) is 8.14. The number of halogens is 2. The summed E-state index contributed by atoms with van der Waals surface area (Å²) in [5.41, 5.74) is 1.44. The Bertz CT molecular complexity index is 1340. The van der Waals surface area contributed by atoms with Crippen molar-refractivity contribution in [3.8, 4) is 0 Å². The van der Waals surface area contributed by atoms with Gasteiger partial charge in [0.1, 0.15) is 6.54 Å². The van der Waals surface area contributed by atoms with Crippen LogP contribution in [-0.2, 0) is 14.8 Å². The fourth-order valence-corrected chi connectivity index (χ4v) is 5.13. The van der Waals surface area contributed by atoms with Crippen molar-refractivity contribution in [1.82, 2.24) is 5.32 Å². The molecule has 3 aromatic carbocycles. The zero-order chi connectivity index (χ0) is 25.8. The summed E-state index contributed by atoms with van der Waals surface area (Å²) in [5, 5.41) is 5.78. The Morgan fingerprint density at radius 1 is 0.971 bits per heavy atom. The lowest BCUT2D eigenvalue weighted by atomic mass is 10.1. The lowest BCUT2D eigenvalue weighted by Crippen LogP contribution is -2.38. The summed E-state index contributed by atoms with van der Waals surface area (Å²) in [6, 6.07) is 17.0. The number of hydrogen-bond donors (Lipinski definition) is 2. The van der Waals surface area contributed by atoms with Gasteiger partial charge in [0.05, 0.1) is 26.9 Å². The summed E-state index contributed by atoms with van der Waals surface area (Å²) in [4.78, 5) is 25.6. The van der Waals surface area contributed by atoms with Crippen LogP contribution < -0.4 is 14.9 Å². The molecule has 2 N–H and O–H groups in total. The summed E-state index contributed by atoms with van der Waals surface area (Å²) in [6.07, 6.45) is 0. The minimum Gasteiger partial charge on any atom is -0.350 e. The van der Waals surface area contributed by atoms with Crippen LogP contribution in [0, 0.1) is 6.92 Å². The first-order valence-corrected chi connectivity index (χ1v) is 12.9. The van der Waals surface area contributed by atoms with Crippen molar-refractivity contribution in [1.29, 1.82) is 0 Å². The van der Waals surface area contributed by atoms with Crippen molar-refractivity contribution >= 4 is 56.4 Å². The molecule has 0 bridgehead atoms. The number of hydrogen-bond acceptors (Lipinski definition) is 4. The van der Waals surface area contributed by atoms with E-state index in [2.05, 4.69) is 10.6 Å². The molecule has 0 unspecified atom stereocenters. The molecule has 184 valence electrons. The first-order valence-electron chi connectivity index (χ1n) is 10.7. The molecule has 7 nitrogen and oxygen atoms in total. The van der Waals surface area contributed by atoms with Gasteiger partial charge in [-0.2, -0.15) is 0 Å². The Morgan fingerprint density at radius 2 is 1.63 bits per heavy atom. The van der Waals surface area contributed by atoms with Crippen molar-refractivity contribution < 1.29 is 18.0 Å². The zero-order valence-electron chi connectivity index (χ0n) is 19.4. The zero-order valence-corrected chi connectivity index (χ0v) is 21.7. The standard InChI is InChI=1S/C25H25Cl2N3O4S/c1-16(2)28-25(32)20-6-4-5-7-22(20)29-24(31)15-30(23-14-18(26)10-13-21(23)27)35(33,34)19-11-8-17(3)9-12-19/h4-14,16H,15H2,1-3H3,(H,28,32)(H,29,31). The average Bonchev–Trinajstić information content (AvgIpc) is 2.79. The number of nitrogens with one attached hydrogen (secondary N) is 2. The normalized spacial score (nSPS) is 11.3. The van der Waals surface area contributed by atoms with Gasteiger partial charge < -0.3 is 10.6 Å². The number of aryl methyl sites for hydroxylation is 1. The molecular formula is C25H25Cl2N3O4S. The van der Waals surface area contributed by atoms with Crippen molar-refractivity contribution in [3.63, 3.8) is 0 Å². The predicted molar refractivity (Wildman–Crippen MR) is 140 cm³/mol. The molecule has 0 radical (unpaired) electrons. The maximum absolute atomic E-state index is 13.6. The molecule has 0 heterocycles. The Kier molecular flexibility index (Phi) is 8.43. The molecule has 3 rings (SSSR count). The molecule has 35 heavy (non-hydrogen) atoms. The highest BCUT2D eigenvalue weighted by molar-refractivity contribution is 7.92. The average molecular weight is 534 g/mol. The van der Waals surface area contributed by atoms with Crippen molar-refractivity contribution in [2.45, 2.75) is 31.7 Å². The Hall–Kier alpha value is -3.07. The third kappa shape index (κ3) is 6.54. The lowest BCUT2D eigenvalue weighted by Gasteiger charge is -2.25. The van der Waals surface area contributed by atoms with Crippen molar-refractivity contribution in [3.05, 3.63) is 87.9 Å². The van der Waals surface area contributed by atoms with E-state index < -0.39 is 22.5 Å². The van der Waals surface area contributed by atoms with Gasteiger partial charge in [-0.05, 0) is 63.2 Å². The van der Waals surface area contributed by atoms with Crippen LogP contribution in [-0.4, -0.2) is 32.8 Å². The smallest absolute Gasteiger partial charge is 0.264 e. The van der Waals surface area contributed by atoms with E-state index in [1.54, 1.807) is 36.4 Å². The van der Waals surface area contributed by atoms with Crippen molar-refractivity contribution in [2.24, 2.45) is 0 Å². The summed E-state index contributed by atoms with van der Waals surface area (Å²) in [5.74, 6) is -1.03. The number of carbonyl (C=O) groups is 2. The minimum atomic E-state index is -4.19.